The molecule has 0 bridgehead atoms. The molecule has 0 saturated heterocycles. The van der Waals surface area contributed by atoms with Crippen LogP contribution in [0, 0.1) is 0 Å². The van der Waals surface area contributed by atoms with E-state index in [1.807, 2.05) is 11.8 Å². The summed E-state index contributed by atoms with van der Waals surface area (Å²) in [4.78, 5) is 0. The average molecular weight is 292 g/mol. The molecule has 1 aliphatic carbocycles. The normalized spacial score (nSPS) is 19.4. The molecule has 1 N–H and O–H groups in total. The summed E-state index contributed by atoms with van der Waals surface area (Å²) in [5, 5.41) is 3.89. The Hall–Kier alpha value is -0.470. The predicted molar refractivity (Wildman–Crippen MR) is 91.6 cm³/mol. The quantitative estimate of drug-likeness (QED) is 0.743. The highest BCUT2D eigenvalue weighted by atomic mass is 32.2. The van der Waals surface area contributed by atoms with Gasteiger partial charge in [-0.15, -0.1) is 0 Å². The van der Waals surface area contributed by atoms with Crippen LogP contribution in [0.15, 0.2) is 24.3 Å². The van der Waals surface area contributed by atoms with E-state index in [0.717, 1.165) is 6.54 Å². The first-order chi connectivity index (χ1) is 9.74. The van der Waals surface area contributed by atoms with Gasteiger partial charge in [-0.3, -0.25) is 0 Å². The van der Waals surface area contributed by atoms with Gasteiger partial charge in [0.2, 0.25) is 0 Å². The van der Waals surface area contributed by atoms with Crippen molar-refractivity contribution in [2.45, 2.75) is 63.2 Å². The molecule has 0 spiro atoms. The lowest BCUT2D eigenvalue weighted by molar-refractivity contribution is 0.426. The summed E-state index contributed by atoms with van der Waals surface area (Å²) in [7, 11) is 0. The Morgan fingerprint density at radius 1 is 1.20 bits per heavy atom. The first kappa shape index (κ1) is 15.9. The number of thioether (sulfide) groups is 1. The van der Waals surface area contributed by atoms with Crippen molar-refractivity contribution in [2.75, 3.05) is 12.8 Å². The van der Waals surface area contributed by atoms with Crippen LogP contribution in [0.2, 0.25) is 0 Å². The highest BCUT2D eigenvalue weighted by molar-refractivity contribution is 8.00. The van der Waals surface area contributed by atoms with E-state index in [-0.39, 0.29) is 0 Å². The van der Waals surface area contributed by atoms with Crippen LogP contribution in [0.3, 0.4) is 0 Å². The van der Waals surface area contributed by atoms with E-state index < -0.39 is 0 Å². The van der Waals surface area contributed by atoms with Crippen molar-refractivity contribution >= 4 is 11.8 Å². The molecule has 0 radical (unpaired) electrons. The zero-order valence-corrected chi connectivity index (χ0v) is 14.1. The number of nitrogens with one attached hydrogen (secondary N) is 1. The zero-order chi connectivity index (χ0) is 14.4. The lowest BCUT2D eigenvalue weighted by Crippen LogP contribution is -2.38. The molecule has 0 fully saturated rings. The van der Waals surface area contributed by atoms with Crippen LogP contribution in [0.1, 0.15) is 63.1 Å². The predicted octanol–water partition coefficient (Wildman–Crippen LogP) is 4.97. The molecule has 1 aromatic rings. The van der Waals surface area contributed by atoms with E-state index in [9.17, 15) is 0 Å². The average Bonchev–Trinajstić information content (AvgIpc) is 2.72. The van der Waals surface area contributed by atoms with Gasteiger partial charge in [-0.1, -0.05) is 44.5 Å². The second kappa shape index (κ2) is 7.51. The van der Waals surface area contributed by atoms with Gasteiger partial charge in [-0.2, -0.15) is 11.8 Å². The number of aryl methyl sites for hydroxylation is 1. The van der Waals surface area contributed by atoms with Crippen LogP contribution in [-0.2, 0) is 6.42 Å². The monoisotopic (exact) mass is 291 g/mol. The number of rotatable bonds is 6. The largest absolute Gasteiger partial charge is 0.309 e. The molecule has 1 aromatic carbocycles. The van der Waals surface area contributed by atoms with Gasteiger partial charge in [0, 0.05) is 17.3 Å². The molecule has 0 heterocycles. The highest BCUT2D eigenvalue weighted by Gasteiger charge is 2.27. The Morgan fingerprint density at radius 3 is 2.65 bits per heavy atom. The van der Waals surface area contributed by atoms with Gasteiger partial charge < -0.3 is 5.32 Å². The minimum absolute atomic E-state index is 0.404. The molecule has 0 saturated carbocycles. The first-order valence-corrected chi connectivity index (χ1v) is 9.33. The Balaban J connectivity index is 2.09. The molecule has 0 aromatic heterocycles. The van der Waals surface area contributed by atoms with Crippen LogP contribution in [0.4, 0.5) is 0 Å². The summed E-state index contributed by atoms with van der Waals surface area (Å²) in [6, 6.07) is 9.58. The fourth-order valence-electron chi connectivity index (χ4n) is 3.30. The molecule has 1 atom stereocenters. The maximum atomic E-state index is 3.89. The van der Waals surface area contributed by atoms with Gasteiger partial charge >= 0.3 is 0 Å². The second-order valence-electron chi connectivity index (χ2n) is 5.97. The molecule has 1 nitrogen and oxygen atoms in total. The molecular formula is C18H29NS. The number of fused-ring (bicyclic) bond motifs is 1. The van der Waals surface area contributed by atoms with Crippen molar-refractivity contribution < 1.29 is 0 Å². The smallest absolute Gasteiger partial charge is 0.0323 e. The van der Waals surface area contributed by atoms with Crippen molar-refractivity contribution in [1.29, 1.82) is 0 Å². The Kier molecular flexibility index (Phi) is 5.98. The molecule has 0 aliphatic heterocycles. The maximum absolute atomic E-state index is 3.89. The topological polar surface area (TPSA) is 12.0 Å². The lowest BCUT2D eigenvalue weighted by Gasteiger charge is -2.32. The number of benzene rings is 1. The van der Waals surface area contributed by atoms with Crippen LogP contribution >= 0.6 is 11.8 Å². The molecular weight excluding hydrogens is 262 g/mol. The molecule has 0 amide bonds. The van der Waals surface area contributed by atoms with E-state index in [4.69, 9.17) is 0 Å². The highest BCUT2D eigenvalue weighted by Crippen LogP contribution is 2.33. The molecule has 112 valence electrons. The second-order valence-corrected chi connectivity index (χ2v) is 7.25. The maximum Gasteiger partial charge on any atom is 0.0323 e. The van der Waals surface area contributed by atoms with Gasteiger partial charge in [0.25, 0.3) is 0 Å². The Morgan fingerprint density at radius 2 is 1.95 bits per heavy atom. The van der Waals surface area contributed by atoms with E-state index in [1.54, 1.807) is 11.1 Å². The minimum atomic E-state index is 0.404. The lowest BCUT2D eigenvalue weighted by atomic mass is 9.97. The summed E-state index contributed by atoms with van der Waals surface area (Å²) in [6.45, 7) is 5.77. The fraction of sp³-hybridized carbons (Fsp3) is 0.667. The van der Waals surface area contributed by atoms with E-state index in [2.05, 4.69) is 49.7 Å². The van der Waals surface area contributed by atoms with E-state index in [0.29, 0.717) is 10.8 Å². The zero-order valence-electron chi connectivity index (χ0n) is 13.2. The van der Waals surface area contributed by atoms with Crippen LogP contribution < -0.4 is 5.32 Å². The van der Waals surface area contributed by atoms with Crippen LogP contribution in [0.25, 0.3) is 0 Å². The minimum Gasteiger partial charge on any atom is -0.309 e. The van der Waals surface area contributed by atoms with Gasteiger partial charge in [0.1, 0.15) is 0 Å². The summed E-state index contributed by atoms with van der Waals surface area (Å²) >= 11 is 2.03. The van der Waals surface area contributed by atoms with Crippen molar-refractivity contribution in [3.63, 3.8) is 0 Å². The van der Waals surface area contributed by atoms with Crippen molar-refractivity contribution in [2.24, 2.45) is 0 Å². The van der Waals surface area contributed by atoms with Gasteiger partial charge in [0.05, 0.1) is 0 Å². The number of hydrogen-bond donors (Lipinski definition) is 1. The molecule has 20 heavy (non-hydrogen) atoms. The summed E-state index contributed by atoms with van der Waals surface area (Å²) < 4.78 is 0.404. The standard InChI is InChI=1S/C18H29NS/c1-4-18(5-2,20-3)14-19-17-13-9-7-11-15-10-6-8-12-16(15)17/h6,8,10,12,17,19H,4-5,7,9,11,13-14H2,1-3H3. The van der Waals surface area contributed by atoms with Gasteiger partial charge in [-0.25, -0.2) is 0 Å². The van der Waals surface area contributed by atoms with Crippen molar-refractivity contribution in [1.82, 2.24) is 5.32 Å². The van der Waals surface area contributed by atoms with Crippen molar-refractivity contribution in [3.05, 3.63) is 35.4 Å². The molecule has 1 aliphatic rings. The SMILES string of the molecule is CCC(CC)(CNC1CCCCc2ccccc21)SC. The summed E-state index contributed by atoms with van der Waals surface area (Å²) in [5.41, 5.74) is 3.11. The van der Waals surface area contributed by atoms with Gasteiger partial charge in [0.15, 0.2) is 0 Å². The Labute approximate surface area is 128 Å². The summed E-state index contributed by atoms with van der Waals surface area (Å²) in [5.74, 6) is 0. The third-order valence-electron chi connectivity index (χ3n) is 5.01. The molecule has 1 unspecified atom stereocenters. The first-order valence-electron chi connectivity index (χ1n) is 8.11. The van der Waals surface area contributed by atoms with E-state index >= 15 is 0 Å². The fourth-order valence-corrected chi connectivity index (χ4v) is 4.11. The third-order valence-corrected chi connectivity index (χ3v) is 6.60. The van der Waals surface area contributed by atoms with Gasteiger partial charge in [-0.05, 0) is 49.5 Å². The summed E-state index contributed by atoms with van der Waals surface area (Å²) in [6.07, 6.45) is 9.97. The number of hydrogen-bond acceptors (Lipinski definition) is 2. The molecule has 2 rings (SSSR count). The molecule has 2 heteroatoms. The van der Waals surface area contributed by atoms with Crippen LogP contribution in [-0.4, -0.2) is 17.5 Å². The van der Waals surface area contributed by atoms with Crippen LogP contribution in [0.5, 0.6) is 0 Å². The Bertz CT molecular complexity index is 403. The third kappa shape index (κ3) is 3.59. The van der Waals surface area contributed by atoms with Crippen molar-refractivity contribution in [3.8, 4) is 0 Å². The van der Waals surface area contributed by atoms with E-state index in [1.165, 1.54) is 38.5 Å².